The number of nitrogens with zero attached hydrogens (tertiary/aromatic N) is 3. The van der Waals surface area contributed by atoms with Gasteiger partial charge in [0.1, 0.15) is 0 Å². The standard InChI is InChI=1S/C19H17BrN4O5/c1-3-11(2)29-17-14(20)8-12(9-16(17)24(27)28)10-21-23-18(25)13-6-4-5-7-15(13)22-19(23)26/h4-11H,3H2,1-2H3,(H,22,26). The van der Waals surface area contributed by atoms with Gasteiger partial charge in [-0.3, -0.25) is 14.9 Å². The van der Waals surface area contributed by atoms with Crippen LogP contribution in [0.25, 0.3) is 10.9 Å². The van der Waals surface area contributed by atoms with Crippen LogP contribution in [0.2, 0.25) is 0 Å². The molecule has 29 heavy (non-hydrogen) atoms. The number of nitro groups is 1. The summed E-state index contributed by atoms with van der Waals surface area (Å²) in [5.74, 6) is 0.113. The van der Waals surface area contributed by atoms with Crippen molar-refractivity contribution in [1.82, 2.24) is 9.66 Å². The highest BCUT2D eigenvalue weighted by molar-refractivity contribution is 9.10. The minimum atomic E-state index is -0.713. The van der Waals surface area contributed by atoms with Crippen molar-refractivity contribution in [2.75, 3.05) is 0 Å². The molecule has 1 atom stereocenters. The molecule has 3 aromatic rings. The molecule has 1 N–H and O–H groups in total. The second-order valence-electron chi connectivity index (χ2n) is 6.28. The number of hydrogen-bond donors (Lipinski definition) is 1. The number of aromatic amines is 1. The van der Waals surface area contributed by atoms with E-state index in [9.17, 15) is 19.7 Å². The van der Waals surface area contributed by atoms with Gasteiger partial charge >= 0.3 is 11.4 Å². The fraction of sp³-hybridized carbons (Fsp3) is 0.211. The highest BCUT2D eigenvalue weighted by Crippen LogP contribution is 2.37. The maximum absolute atomic E-state index is 12.5. The Morgan fingerprint density at radius 3 is 2.76 bits per heavy atom. The lowest BCUT2D eigenvalue weighted by Gasteiger charge is -2.14. The van der Waals surface area contributed by atoms with Gasteiger partial charge in [-0.25, -0.2) is 4.79 Å². The lowest BCUT2D eigenvalue weighted by atomic mass is 10.2. The summed E-state index contributed by atoms with van der Waals surface area (Å²) in [6.45, 7) is 3.72. The Hall–Kier alpha value is -3.27. The van der Waals surface area contributed by atoms with E-state index >= 15 is 0 Å². The third kappa shape index (κ3) is 4.27. The van der Waals surface area contributed by atoms with Gasteiger partial charge < -0.3 is 9.72 Å². The molecule has 0 saturated heterocycles. The van der Waals surface area contributed by atoms with Crippen LogP contribution in [0.3, 0.4) is 0 Å². The van der Waals surface area contributed by atoms with Crippen molar-refractivity contribution in [3.63, 3.8) is 0 Å². The Morgan fingerprint density at radius 1 is 1.34 bits per heavy atom. The van der Waals surface area contributed by atoms with E-state index in [-0.39, 0.29) is 17.5 Å². The smallest absolute Gasteiger partial charge is 0.349 e. The molecule has 0 fully saturated rings. The molecular weight excluding hydrogens is 444 g/mol. The number of fused-ring (bicyclic) bond motifs is 1. The largest absolute Gasteiger partial charge is 0.483 e. The number of aromatic nitrogens is 2. The van der Waals surface area contributed by atoms with Crippen molar-refractivity contribution in [3.05, 3.63) is 77.4 Å². The summed E-state index contributed by atoms with van der Waals surface area (Å²) < 4.78 is 6.69. The van der Waals surface area contributed by atoms with E-state index in [1.807, 2.05) is 13.8 Å². The minimum Gasteiger partial charge on any atom is -0.483 e. The summed E-state index contributed by atoms with van der Waals surface area (Å²) in [5, 5.41) is 15.7. The predicted molar refractivity (Wildman–Crippen MR) is 113 cm³/mol. The Morgan fingerprint density at radius 2 is 2.07 bits per heavy atom. The van der Waals surface area contributed by atoms with Crippen LogP contribution < -0.4 is 16.0 Å². The van der Waals surface area contributed by atoms with Crippen LogP contribution in [0.1, 0.15) is 25.8 Å². The van der Waals surface area contributed by atoms with Gasteiger partial charge in [0, 0.05) is 11.6 Å². The van der Waals surface area contributed by atoms with E-state index in [1.54, 1.807) is 30.3 Å². The van der Waals surface area contributed by atoms with E-state index < -0.39 is 16.2 Å². The zero-order valence-corrected chi connectivity index (χ0v) is 17.2. The maximum Gasteiger partial charge on any atom is 0.349 e. The van der Waals surface area contributed by atoms with Crippen molar-refractivity contribution in [2.24, 2.45) is 5.10 Å². The zero-order valence-electron chi connectivity index (χ0n) is 15.6. The van der Waals surface area contributed by atoms with Crippen LogP contribution in [0.5, 0.6) is 5.75 Å². The van der Waals surface area contributed by atoms with Gasteiger partial charge in [-0.05, 0) is 47.5 Å². The minimum absolute atomic E-state index is 0.113. The number of H-pyrrole nitrogens is 1. The second-order valence-corrected chi connectivity index (χ2v) is 7.14. The highest BCUT2D eigenvalue weighted by atomic mass is 79.9. The number of nitro benzene ring substituents is 1. The molecule has 9 nitrogen and oxygen atoms in total. The van der Waals surface area contributed by atoms with Crippen molar-refractivity contribution >= 4 is 38.7 Å². The summed E-state index contributed by atoms with van der Waals surface area (Å²) in [6, 6.07) is 9.39. The first-order valence-electron chi connectivity index (χ1n) is 8.74. The van der Waals surface area contributed by atoms with Gasteiger partial charge in [-0.15, -0.1) is 4.68 Å². The fourth-order valence-corrected chi connectivity index (χ4v) is 3.15. The van der Waals surface area contributed by atoms with Crippen molar-refractivity contribution in [1.29, 1.82) is 0 Å². The van der Waals surface area contributed by atoms with Gasteiger partial charge in [0.05, 0.1) is 32.6 Å². The molecular formula is C19H17BrN4O5. The second kappa shape index (κ2) is 8.39. The van der Waals surface area contributed by atoms with Crippen LogP contribution in [0, 0.1) is 10.1 Å². The molecule has 3 rings (SSSR count). The summed E-state index contributed by atoms with van der Waals surface area (Å²) in [6.07, 6.45) is 1.68. The van der Waals surface area contributed by atoms with Crippen LogP contribution in [0.4, 0.5) is 5.69 Å². The topological polar surface area (TPSA) is 120 Å². The normalized spacial score (nSPS) is 12.4. The molecule has 0 aliphatic heterocycles. The van der Waals surface area contributed by atoms with Gasteiger partial charge in [0.2, 0.25) is 5.75 Å². The molecule has 1 unspecified atom stereocenters. The molecule has 1 aromatic heterocycles. The molecule has 150 valence electrons. The third-order valence-corrected chi connectivity index (χ3v) is 4.83. The molecule has 0 spiro atoms. The molecule has 0 aliphatic carbocycles. The van der Waals surface area contributed by atoms with E-state index in [2.05, 4.69) is 26.0 Å². The van der Waals surface area contributed by atoms with Crippen LogP contribution in [-0.2, 0) is 0 Å². The monoisotopic (exact) mass is 460 g/mol. The first-order chi connectivity index (χ1) is 13.8. The summed E-state index contributed by atoms with van der Waals surface area (Å²) in [7, 11) is 0. The lowest BCUT2D eigenvalue weighted by molar-refractivity contribution is -0.386. The Balaban J connectivity index is 2.06. The van der Waals surface area contributed by atoms with Crippen LogP contribution in [0.15, 0.2) is 55.6 Å². The number of halogens is 1. The summed E-state index contributed by atoms with van der Waals surface area (Å²) in [4.78, 5) is 38.2. The quantitative estimate of drug-likeness (QED) is 0.343. The molecule has 0 radical (unpaired) electrons. The molecule has 0 bridgehead atoms. The van der Waals surface area contributed by atoms with Gasteiger partial charge in [-0.1, -0.05) is 19.1 Å². The van der Waals surface area contributed by atoms with Gasteiger partial charge in [0.15, 0.2) is 0 Å². The van der Waals surface area contributed by atoms with Crippen LogP contribution >= 0.6 is 15.9 Å². The van der Waals surface area contributed by atoms with Gasteiger partial charge in [-0.2, -0.15) is 5.10 Å². The van der Waals surface area contributed by atoms with Crippen LogP contribution in [-0.4, -0.2) is 26.9 Å². The van der Waals surface area contributed by atoms with Crippen molar-refractivity contribution in [3.8, 4) is 5.75 Å². The number of benzene rings is 2. The molecule has 10 heteroatoms. The molecule has 1 heterocycles. The predicted octanol–water partition coefficient (Wildman–Crippen LogP) is 3.42. The summed E-state index contributed by atoms with van der Waals surface area (Å²) >= 11 is 3.28. The number of ether oxygens (including phenoxy) is 1. The highest BCUT2D eigenvalue weighted by Gasteiger charge is 2.21. The van der Waals surface area contributed by atoms with E-state index in [1.165, 1.54) is 12.3 Å². The van der Waals surface area contributed by atoms with E-state index in [0.29, 0.717) is 32.0 Å². The zero-order chi connectivity index (χ0) is 21.1. The SMILES string of the molecule is CCC(C)Oc1c(Br)cc(C=Nn2c(=O)[nH]c3ccccc3c2=O)cc1[N+](=O)[O-]. The number of hydrogen-bond acceptors (Lipinski definition) is 6. The van der Waals surface area contributed by atoms with E-state index in [4.69, 9.17) is 4.74 Å². The molecule has 0 aliphatic rings. The lowest BCUT2D eigenvalue weighted by Crippen LogP contribution is -2.32. The van der Waals surface area contributed by atoms with Gasteiger partial charge in [0.25, 0.3) is 5.56 Å². The number of para-hydroxylation sites is 1. The Bertz CT molecular complexity index is 1230. The average Bonchev–Trinajstić information content (AvgIpc) is 2.69. The third-order valence-electron chi connectivity index (χ3n) is 4.24. The summed E-state index contributed by atoms with van der Waals surface area (Å²) in [5.41, 5.74) is -0.833. The first-order valence-corrected chi connectivity index (χ1v) is 9.54. The number of nitrogens with one attached hydrogen (secondary N) is 1. The van der Waals surface area contributed by atoms with E-state index in [0.717, 1.165) is 0 Å². The molecule has 0 saturated carbocycles. The van der Waals surface area contributed by atoms with Crippen molar-refractivity contribution < 1.29 is 9.66 Å². The molecule has 0 amide bonds. The molecule has 2 aromatic carbocycles. The first kappa shape index (κ1) is 20.5. The average molecular weight is 461 g/mol. The maximum atomic E-state index is 12.5. The Labute approximate surface area is 172 Å². The fourth-order valence-electron chi connectivity index (χ4n) is 2.59. The number of rotatable bonds is 6. The Kier molecular flexibility index (Phi) is 5.92. The van der Waals surface area contributed by atoms with Crippen molar-refractivity contribution in [2.45, 2.75) is 26.4 Å².